The summed E-state index contributed by atoms with van der Waals surface area (Å²) in [5, 5.41) is 2.92. The van der Waals surface area contributed by atoms with Gasteiger partial charge in [0.15, 0.2) is 0 Å². The molecule has 0 amide bonds. The van der Waals surface area contributed by atoms with Crippen LogP contribution in [0.25, 0.3) is 20.2 Å². The fraction of sp³-hybridized carbons (Fsp3) is 0.158. The van der Waals surface area contributed by atoms with Crippen LogP contribution in [-0.4, -0.2) is 12.4 Å². The third kappa shape index (κ3) is 2.50. The van der Waals surface area contributed by atoms with Crippen LogP contribution in [0, 0.1) is 0 Å². The van der Waals surface area contributed by atoms with Gasteiger partial charge in [-0.3, -0.25) is 0 Å². The maximum Gasteiger partial charge on any atom is 0.411 e. The number of hydrogen-bond donors (Lipinski definition) is 0. The van der Waals surface area contributed by atoms with Gasteiger partial charge in [-0.25, -0.2) is 0 Å². The molecule has 0 nitrogen and oxygen atoms in total. The average Bonchev–Trinajstić information content (AvgIpc) is 3.22. The van der Waals surface area contributed by atoms with Gasteiger partial charge in [-0.15, -0.1) is 22.7 Å². The van der Waals surface area contributed by atoms with E-state index in [2.05, 4.69) is 0 Å². The molecule has 2 aromatic carbocycles. The molecule has 2 aromatic heterocycles. The van der Waals surface area contributed by atoms with E-state index in [1.807, 2.05) is 0 Å². The monoisotopic (exact) mass is 416 g/mol. The molecule has 2 heterocycles. The Morgan fingerprint density at radius 3 is 1.33 bits per heavy atom. The summed E-state index contributed by atoms with van der Waals surface area (Å²) < 4.78 is 87.1. The number of rotatable bonds is 2. The molecular weight excluding hydrogens is 406 g/mol. The lowest BCUT2D eigenvalue weighted by molar-refractivity contribution is -0.287. The summed E-state index contributed by atoms with van der Waals surface area (Å²) in [6.07, 6.45) is -11.2. The summed E-state index contributed by atoms with van der Waals surface area (Å²) in [6.45, 7) is 0. The van der Waals surface area contributed by atoms with Gasteiger partial charge in [0.2, 0.25) is 5.41 Å². The zero-order valence-corrected chi connectivity index (χ0v) is 15.0. The highest BCUT2D eigenvalue weighted by Gasteiger charge is 2.73. The van der Waals surface area contributed by atoms with Crippen molar-refractivity contribution in [3.05, 3.63) is 70.4 Å². The van der Waals surface area contributed by atoms with E-state index in [0.29, 0.717) is 9.40 Å². The van der Waals surface area contributed by atoms with Gasteiger partial charge in [-0.05, 0) is 56.9 Å². The molecule has 0 unspecified atom stereocenters. The average molecular weight is 416 g/mol. The number of benzene rings is 2. The van der Waals surface area contributed by atoms with Crippen LogP contribution in [0.3, 0.4) is 0 Å². The van der Waals surface area contributed by atoms with Crippen molar-refractivity contribution in [2.75, 3.05) is 0 Å². The first-order chi connectivity index (χ1) is 12.7. The van der Waals surface area contributed by atoms with Crippen LogP contribution in [0.1, 0.15) is 11.1 Å². The van der Waals surface area contributed by atoms with E-state index in [0.717, 1.165) is 34.8 Å². The normalized spacial score (nSPS) is 13.6. The van der Waals surface area contributed by atoms with E-state index in [1.54, 1.807) is 0 Å². The Bertz CT molecular complexity index is 1030. The molecule has 0 aliphatic rings. The molecule has 0 aliphatic carbocycles. The second-order valence-electron chi connectivity index (χ2n) is 6.02. The first-order valence-corrected chi connectivity index (χ1v) is 9.50. The van der Waals surface area contributed by atoms with Gasteiger partial charge >= 0.3 is 12.4 Å². The van der Waals surface area contributed by atoms with Gasteiger partial charge < -0.3 is 0 Å². The van der Waals surface area contributed by atoms with E-state index >= 15 is 0 Å². The van der Waals surface area contributed by atoms with Crippen LogP contribution in [0.2, 0.25) is 0 Å². The van der Waals surface area contributed by atoms with Crippen molar-refractivity contribution in [2.45, 2.75) is 17.8 Å². The molecule has 4 rings (SSSR count). The van der Waals surface area contributed by atoms with Crippen molar-refractivity contribution in [3.8, 4) is 0 Å². The summed E-state index contributed by atoms with van der Waals surface area (Å²) >= 11 is 2.21. The molecule has 0 N–H and O–H groups in total. The smallest absolute Gasteiger partial charge is 0.169 e. The molecule has 27 heavy (non-hydrogen) atoms. The van der Waals surface area contributed by atoms with Crippen LogP contribution < -0.4 is 0 Å². The highest BCUT2D eigenvalue weighted by molar-refractivity contribution is 7.17. The van der Waals surface area contributed by atoms with E-state index in [-0.39, 0.29) is 10.8 Å². The number of alkyl halides is 6. The Morgan fingerprint density at radius 1 is 0.556 bits per heavy atom. The maximum atomic E-state index is 14.4. The molecule has 0 spiro atoms. The second kappa shape index (κ2) is 5.97. The third-order valence-corrected chi connectivity index (χ3v) is 6.41. The van der Waals surface area contributed by atoms with Crippen molar-refractivity contribution in [3.63, 3.8) is 0 Å². The molecule has 0 fully saturated rings. The van der Waals surface area contributed by atoms with Gasteiger partial charge in [0.25, 0.3) is 0 Å². The summed E-state index contributed by atoms with van der Waals surface area (Å²) in [4.78, 5) is 0. The van der Waals surface area contributed by atoms with Gasteiger partial charge in [0, 0.05) is 9.40 Å². The zero-order valence-electron chi connectivity index (χ0n) is 13.4. The van der Waals surface area contributed by atoms with Crippen molar-refractivity contribution in [2.24, 2.45) is 0 Å². The Morgan fingerprint density at radius 2 is 0.963 bits per heavy atom. The summed E-state index contributed by atoms with van der Waals surface area (Å²) in [6, 6.07) is 10.0. The van der Waals surface area contributed by atoms with Crippen LogP contribution in [-0.2, 0) is 5.41 Å². The predicted octanol–water partition coefficient (Wildman–Crippen LogP) is 7.53. The van der Waals surface area contributed by atoms with Gasteiger partial charge in [0.1, 0.15) is 0 Å². The first-order valence-electron chi connectivity index (χ1n) is 7.75. The van der Waals surface area contributed by atoms with Crippen molar-refractivity contribution in [1.29, 1.82) is 0 Å². The van der Waals surface area contributed by atoms with Gasteiger partial charge in [-0.2, -0.15) is 26.3 Å². The lowest BCUT2D eigenvalue weighted by atomic mass is 9.71. The molecule has 0 radical (unpaired) electrons. The van der Waals surface area contributed by atoms with E-state index in [9.17, 15) is 26.3 Å². The van der Waals surface area contributed by atoms with Crippen LogP contribution in [0.4, 0.5) is 26.3 Å². The molecule has 140 valence electrons. The Kier molecular flexibility index (Phi) is 4.05. The van der Waals surface area contributed by atoms with Crippen LogP contribution in [0.15, 0.2) is 59.3 Å². The Balaban J connectivity index is 2.24. The van der Waals surface area contributed by atoms with E-state index in [4.69, 9.17) is 0 Å². The summed E-state index contributed by atoms with van der Waals surface area (Å²) in [5.41, 5.74) is -5.71. The quantitative estimate of drug-likeness (QED) is 0.296. The van der Waals surface area contributed by atoms with Crippen LogP contribution >= 0.6 is 22.7 Å². The number of halogens is 6. The van der Waals surface area contributed by atoms with Gasteiger partial charge in [0.05, 0.1) is 0 Å². The molecule has 0 saturated carbocycles. The molecule has 8 heteroatoms. The standard InChI is InChI=1S/C19H10F6S2/c20-18(21,22)17(19(23,24)25,13-3-1-5-15-11(13)7-9-26-15)14-4-2-6-16-12(14)8-10-27-16/h1-10H. The first kappa shape index (κ1) is 18.3. The van der Waals surface area contributed by atoms with Crippen molar-refractivity contribution < 1.29 is 26.3 Å². The molecule has 0 bridgehead atoms. The fourth-order valence-corrected chi connectivity index (χ4v) is 5.18. The number of fused-ring (bicyclic) bond motifs is 2. The highest BCUT2D eigenvalue weighted by atomic mass is 32.1. The van der Waals surface area contributed by atoms with Crippen molar-refractivity contribution >= 4 is 42.8 Å². The number of thiophene rings is 2. The van der Waals surface area contributed by atoms with E-state index in [1.165, 1.54) is 47.2 Å². The lowest BCUT2D eigenvalue weighted by Gasteiger charge is -2.39. The Hall–Kier alpha value is -2.06. The van der Waals surface area contributed by atoms with Crippen molar-refractivity contribution in [1.82, 2.24) is 0 Å². The Labute approximate surface area is 157 Å². The lowest BCUT2D eigenvalue weighted by Crippen LogP contribution is -2.55. The molecule has 0 aliphatic heterocycles. The van der Waals surface area contributed by atoms with E-state index < -0.39 is 28.9 Å². The number of hydrogen-bond acceptors (Lipinski definition) is 2. The topological polar surface area (TPSA) is 0 Å². The second-order valence-corrected chi connectivity index (χ2v) is 7.92. The third-order valence-electron chi connectivity index (χ3n) is 4.65. The minimum Gasteiger partial charge on any atom is -0.169 e. The minimum atomic E-state index is -5.59. The fourth-order valence-electron chi connectivity index (χ4n) is 3.56. The predicted molar refractivity (Wildman–Crippen MR) is 96.5 cm³/mol. The zero-order chi connectivity index (χ0) is 19.4. The minimum absolute atomic E-state index is 0.0376. The SMILES string of the molecule is FC(F)(F)C(c1cccc2sccc12)(c1cccc2sccc12)C(F)(F)F. The maximum absolute atomic E-state index is 14.4. The van der Waals surface area contributed by atoms with Gasteiger partial charge in [-0.1, -0.05) is 24.3 Å². The summed E-state index contributed by atoms with van der Waals surface area (Å²) in [5.74, 6) is 0. The highest BCUT2D eigenvalue weighted by Crippen LogP contribution is 2.59. The molecular formula is C19H10F6S2. The van der Waals surface area contributed by atoms with Crippen LogP contribution in [0.5, 0.6) is 0 Å². The molecule has 0 atom stereocenters. The largest absolute Gasteiger partial charge is 0.411 e. The molecule has 0 saturated heterocycles. The molecule has 4 aromatic rings. The summed E-state index contributed by atoms with van der Waals surface area (Å²) in [7, 11) is 0.